The third-order valence-electron chi connectivity index (χ3n) is 0.972. The standard InChI is InChI=1S/C9H13F/c1-8(2)5-4-6-9(3)7-10/h4-6H,1,7H2,2-3H3/b5-4-,9-6+. The first-order chi connectivity index (χ1) is 4.66. The summed E-state index contributed by atoms with van der Waals surface area (Å²) in [7, 11) is 0. The van der Waals surface area contributed by atoms with Crippen LogP contribution in [0.5, 0.6) is 0 Å². The molecule has 0 atom stereocenters. The van der Waals surface area contributed by atoms with Crippen molar-refractivity contribution in [2.75, 3.05) is 6.67 Å². The molecule has 0 bridgehead atoms. The van der Waals surface area contributed by atoms with Gasteiger partial charge < -0.3 is 0 Å². The van der Waals surface area contributed by atoms with E-state index in [4.69, 9.17) is 0 Å². The van der Waals surface area contributed by atoms with Crippen LogP contribution in [0.4, 0.5) is 4.39 Å². The molecule has 0 fully saturated rings. The normalized spacial score (nSPS) is 12.5. The zero-order chi connectivity index (χ0) is 7.98. The largest absolute Gasteiger partial charge is 0.246 e. The molecule has 0 aliphatic carbocycles. The Hall–Kier alpha value is -0.850. The smallest absolute Gasteiger partial charge is 0.111 e. The average molecular weight is 140 g/mol. The lowest BCUT2D eigenvalue weighted by Gasteiger charge is -1.86. The molecule has 0 unspecified atom stereocenters. The van der Waals surface area contributed by atoms with Gasteiger partial charge in [-0.25, -0.2) is 4.39 Å². The summed E-state index contributed by atoms with van der Waals surface area (Å²) in [6, 6.07) is 0. The summed E-state index contributed by atoms with van der Waals surface area (Å²) in [6.45, 7) is 6.94. The summed E-state index contributed by atoms with van der Waals surface area (Å²) in [6.07, 6.45) is 5.39. The molecule has 0 aromatic carbocycles. The molecule has 0 N–H and O–H groups in total. The molecule has 0 aromatic heterocycles. The first-order valence-electron chi connectivity index (χ1n) is 3.22. The van der Waals surface area contributed by atoms with Crippen LogP contribution in [0, 0.1) is 0 Å². The summed E-state index contributed by atoms with van der Waals surface area (Å²) in [5.74, 6) is 0. The summed E-state index contributed by atoms with van der Waals surface area (Å²) < 4.78 is 11.8. The highest BCUT2D eigenvalue weighted by molar-refractivity contribution is 5.19. The van der Waals surface area contributed by atoms with Crippen molar-refractivity contribution in [2.45, 2.75) is 13.8 Å². The highest BCUT2D eigenvalue weighted by Gasteiger charge is 1.80. The predicted molar refractivity (Wildman–Crippen MR) is 43.7 cm³/mol. The van der Waals surface area contributed by atoms with E-state index < -0.39 is 0 Å². The van der Waals surface area contributed by atoms with Crippen molar-refractivity contribution in [3.05, 3.63) is 36.0 Å². The monoisotopic (exact) mass is 140 g/mol. The van der Waals surface area contributed by atoms with Crippen LogP contribution in [0.3, 0.4) is 0 Å². The Morgan fingerprint density at radius 2 is 2.10 bits per heavy atom. The van der Waals surface area contributed by atoms with E-state index in [0.717, 1.165) is 11.1 Å². The van der Waals surface area contributed by atoms with Crippen LogP contribution < -0.4 is 0 Å². The van der Waals surface area contributed by atoms with Crippen LogP contribution in [0.15, 0.2) is 36.0 Å². The van der Waals surface area contributed by atoms with Crippen molar-refractivity contribution >= 4 is 0 Å². The van der Waals surface area contributed by atoms with Gasteiger partial charge in [-0.3, -0.25) is 0 Å². The molecule has 0 saturated heterocycles. The molecule has 0 radical (unpaired) electrons. The zero-order valence-electron chi connectivity index (χ0n) is 6.52. The van der Waals surface area contributed by atoms with E-state index in [1.54, 1.807) is 19.1 Å². The number of halogens is 1. The van der Waals surface area contributed by atoms with Crippen molar-refractivity contribution < 1.29 is 4.39 Å². The highest BCUT2D eigenvalue weighted by Crippen LogP contribution is 1.95. The SMILES string of the molecule is C=C(C)/C=C\C=C(/C)CF. The summed E-state index contributed by atoms with van der Waals surface area (Å²) in [5.41, 5.74) is 1.71. The molecule has 1 heteroatoms. The molecule has 56 valence electrons. The molecule has 0 aliphatic heterocycles. The fraction of sp³-hybridized carbons (Fsp3) is 0.333. The molecule has 0 aromatic rings. The molecule has 0 heterocycles. The van der Waals surface area contributed by atoms with Gasteiger partial charge in [0.1, 0.15) is 6.67 Å². The van der Waals surface area contributed by atoms with E-state index in [1.807, 2.05) is 13.0 Å². The van der Waals surface area contributed by atoms with E-state index >= 15 is 0 Å². The highest BCUT2D eigenvalue weighted by atomic mass is 19.1. The van der Waals surface area contributed by atoms with E-state index in [9.17, 15) is 4.39 Å². The van der Waals surface area contributed by atoms with Crippen LogP contribution >= 0.6 is 0 Å². The summed E-state index contributed by atoms with van der Waals surface area (Å²) in [4.78, 5) is 0. The zero-order valence-corrected chi connectivity index (χ0v) is 6.52. The lowest BCUT2D eigenvalue weighted by atomic mass is 10.2. The van der Waals surface area contributed by atoms with Gasteiger partial charge in [0, 0.05) is 0 Å². The van der Waals surface area contributed by atoms with Crippen molar-refractivity contribution in [1.29, 1.82) is 0 Å². The molecule has 0 nitrogen and oxygen atoms in total. The number of allylic oxidation sites excluding steroid dienone is 5. The molecule has 10 heavy (non-hydrogen) atoms. The lowest BCUT2D eigenvalue weighted by Crippen LogP contribution is -1.74. The van der Waals surface area contributed by atoms with Gasteiger partial charge in [-0.15, -0.1) is 0 Å². The number of hydrogen-bond acceptors (Lipinski definition) is 0. The molecule has 0 amide bonds. The molecule has 0 aliphatic rings. The quantitative estimate of drug-likeness (QED) is 0.528. The van der Waals surface area contributed by atoms with E-state index in [2.05, 4.69) is 6.58 Å². The lowest BCUT2D eigenvalue weighted by molar-refractivity contribution is 0.543. The Morgan fingerprint density at radius 1 is 1.50 bits per heavy atom. The predicted octanol–water partition coefficient (Wildman–Crippen LogP) is 3.03. The minimum absolute atomic E-state index is 0.374. The van der Waals surface area contributed by atoms with Crippen molar-refractivity contribution in [2.24, 2.45) is 0 Å². The summed E-state index contributed by atoms with van der Waals surface area (Å²) >= 11 is 0. The minimum atomic E-state index is -0.374. The maximum Gasteiger partial charge on any atom is 0.111 e. The molecule has 0 saturated carbocycles. The Morgan fingerprint density at radius 3 is 2.50 bits per heavy atom. The van der Waals surface area contributed by atoms with Crippen LogP contribution in [-0.4, -0.2) is 6.67 Å². The fourth-order valence-electron chi connectivity index (χ4n) is 0.421. The molecule has 0 spiro atoms. The third kappa shape index (κ3) is 5.29. The number of alkyl halides is 1. The maximum absolute atomic E-state index is 11.8. The molecular formula is C9H13F. The van der Waals surface area contributed by atoms with Gasteiger partial charge in [0.25, 0.3) is 0 Å². The Labute approximate surface area is 61.8 Å². The first-order valence-corrected chi connectivity index (χ1v) is 3.22. The number of hydrogen-bond donors (Lipinski definition) is 0. The Balaban J connectivity index is 3.82. The summed E-state index contributed by atoms with van der Waals surface area (Å²) in [5, 5.41) is 0. The Kier molecular flexibility index (Phi) is 4.55. The second-order valence-corrected chi connectivity index (χ2v) is 2.35. The second kappa shape index (κ2) is 4.98. The maximum atomic E-state index is 11.8. The van der Waals surface area contributed by atoms with Gasteiger partial charge in [0.15, 0.2) is 0 Å². The Bertz CT molecular complexity index is 164. The van der Waals surface area contributed by atoms with Crippen molar-refractivity contribution in [3.8, 4) is 0 Å². The van der Waals surface area contributed by atoms with Gasteiger partial charge in [-0.2, -0.15) is 0 Å². The average Bonchev–Trinajstić information content (AvgIpc) is 1.87. The van der Waals surface area contributed by atoms with Crippen LogP contribution in [0.1, 0.15) is 13.8 Å². The molecular weight excluding hydrogens is 127 g/mol. The van der Waals surface area contributed by atoms with Gasteiger partial charge in [-0.05, 0) is 19.4 Å². The second-order valence-electron chi connectivity index (χ2n) is 2.35. The van der Waals surface area contributed by atoms with E-state index in [-0.39, 0.29) is 6.67 Å². The van der Waals surface area contributed by atoms with Gasteiger partial charge in [0.2, 0.25) is 0 Å². The van der Waals surface area contributed by atoms with Crippen LogP contribution in [-0.2, 0) is 0 Å². The van der Waals surface area contributed by atoms with E-state index in [0.29, 0.717) is 0 Å². The van der Waals surface area contributed by atoms with Gasteiger partial charge >= 0.3 is 0 Å². The topological polar surface area (TPSA) is 0 Å². The first kappa shape index (κ1) is 9.15. The minimum Gasteiger partial charge on any atom is -0.246 e. The third-order valence-corrected chi connectivity index (χ3v) is 0.972. The number of rotatable bonds is 3. The van der Waals surface area contributed by atoms with Gasteiger partial charge in [-0.1, -0.05) is 30.4 Å². The van der Waals surface area contributed by atoms with Crippen molar-refractivity contribution in [3.63, 3.8) is 0 Å². The van der Waals surface area contributed by atoms with Crippen LogP contribution in [0.25, 0.3) is 0 Å². The van der Waals surface area contributed by atoms with E-state index in [1.165, 1.54) is 0 Å². The van der Waals surface area contributed by atoms with Crippen molar-refractivity contribution in [1.82, 2.24) is 0 Å². The van der Waals surface area contributed by atoms with Gasteiger partial charge in [0.05, 0.1) is 0 Å². The molecule has 0 rings (SSSR count). The van der Waals surface area contributed by atoms with Crippen LogP contribution in [0.2, 0.25) is 0 Å². The fourth-order valence-corrected chi connectivity index (χ4v) is 0.421.